The van der Waals surface area contributed by atoms with Crippen LogP contribution >= 0.6 is 0 Å². The van der Waals surface area contributed by atoms with Gasteiger partial charge in [-0.15, -0.1) is 0 Å². The zero-order valence-electron chi connectivity index (χ0n) is 14.8. The molecule has 8 heteroatoms. The molecule has 8 nitrogen and oxygen atoms in total. The fraction of sp³-hybridized carbons (Fsp3) is 0.0500. The summed E-state index contributed by atoms with van der Waals surface area (Å²) in [5, 5.41) is 25.0. The fourth-order valence-corrected chi connectivity index (χ4v) is 2.87. The Morgan fingerprint density at radius 2 is 1.54 bits per heavy atom. The van der Waals surface area contributed by atoms with E-state index >= 15 is 0 Å². The first-order valence-electron chi connectivity index (χ1n) is 8.27. The molecule has 0 aromatic heterocycles. The lowest BCUT2D eigenvalue weighted by atomic mass is 10.0. The molecule has 0 unspecified atom stereocenters. The number of nitrogens with zero attached hydrogens (tertiary/aromatic N) is 2. The van der Waals surface area contributed by atoms with Gasteiger partial charge in [-0.1, -0.05) is 48.5 Å². The maximum absolute atomic E-state index is 12.8. The van der Waals surface area contributed by atoms with Gasteiger partial charge in [-0.2, -0.15) is 0 Å². The SMILES string of the molecule is Cc1c(C(=O)Nc2ccccc2-c2ccccc2)cc([N+](=O)[O-])cc1[N+](=O)[O-]. The monoisotopic (exact) mass is 377 g/mol. The number of carbonyl (C=O) groups excluding carboxylic acids is 1. The Balaban J connectivity index is 2.04. The van der Waals surface area contributed by atoms with Crippen LogP contribution in [-0.4, -0.2) is 15.8 Å². The van der Waals surface area contributed by atoms with E-state index in [0.29, 0.717) is 5.69 Å². The first-order valence-corrected chi connectivity index (χ1v) is 8.27. The van der Waals surface area contributed by atoms with Crippen LogP contribution in [0.4, 0.5) is 17.1 Å². The Labute approximate surface area is 159 Å². The molecule has 0 atom stereocenters. The molecule has 0 saturated carbocycles. The van der Waals surface area contributed by atoms with Crippen LogP contribution in [0.15, 0.2) is 66.7 Å². The summed E-state index contributed by atoms with van der Waals surface area (Å²) >= 11 is 0. The summed E-state index contributed by atoms with van der Waals surface area (Å²) in [6.45, 7) is 1.39. The minimum atomic E-state index is -0.763. The lowest BCUT2D eigenvalue weighted by Gasteiger charge is -2.12. The molecule has 3 aromatic carbocycles. The number of anilines is 1. The van der Waals surface area contributed by atoms with Crippen molar-refractivity contribution in [2.75, 3.05) is 5.32 Å². The van der Waals surface area contributed by atoms with E-state index in [1.165, 1.54) is 6.92 Å². The van der Waals surface area contributed by atoms with Gasteiger partial charge in [-0.3, -0.25) is 25.0 Å². The average Bonchev–Trinajstić information content (AvgIpc) is 2.68. The number of nitrogens with one attached hydrogen (secondary N) is 1. The minimum absolute atomic E-state index is 0.0605. The Kier molecular flexibility index (Phi) is 5.12. The van der Waals surface area contributed by atoms with Crippen molar-refractivity contribution < 1.29 is 14.6 Å². The molecule has 1 amide bonds. The highest BCUT2D eigenvalue weighted by atomic mass is 16.6. The van der Waals surface area contributed by atoms with E-state index in [9.17, 15) is 25.0 Å². The zero-order valence-corrected chi connectivity index (χ0v) is 14.8. The Hall–Kier alpha value is -4.07. The summed E-state index contributed by atoms with van der Waals surface area (Å²) in [5.41, 5.74) is 1.07. The molecule has 0 aliphatic rings. The summed E-state index contributed by atoms with van der Waals surface area (Å²) in [4.78, 5) is 33.6. The molecule has 0 aliphatic carbocycles. The molecule has 0 heterocycles. The van der Waals surface area contributed by atoms with Gasteiger partial charge < -0.3 is 5.32 Å². The first kappa shape index (κ1) is 18.7. The van der Waals surface area contributed by atoms with E-state index in [0.717, 1.165) is 23.3 Å². The van der Waals surface area contributed by atoms with Crippen LogP contribution in [0.3, 0.4) is 0 Å². The van der Waals surface area contributed by atoms with Crippen molar-refractivity contribution in [2.24, 2.45) is 0 Å². The van der Waals surface area contributed by atoms with Gasteiger partial charge in [0, 0.05) is 22.9 Å². The molecule has 28 heavy (non-hydrogen) atoms. The van der Waals surface area contributed by atoms with Gasteiger partial charge in [0.2, 0.25) is 0 Å². The molecule has 0 radical (unpaired) electrons. The smallest absolute Gasteiger partial charge is 0.279 e. The van der Waals surface area contributed by atoms with E-state index in [-0.39, 0.29) is 11.1 Å². The van der Waals surface area contributed by atoms with Crippen molar-refractivity contribution in [1.29, 1.82) is 0 Å². The lowest BCUT2D eigenvalue weighted by Crippen LogP contribution is -2.15. The van der Waals surface area contributed by atoms with Crippen LogP contribution < -0.4 is 5.32 Å². The van der Waals surface area contributed by atoms with E-state index in [1.54, 1.807) is 12.1 Å². The van der Waals surface area contributed by atoms with Gasteiger partial charge in [0.05, 0.1) is 21.5 Å². The molecule has 0 aliphatic heterocycles. The van der Waals surface area contributed by atoms with Gasteiger partial charge in [-0.25, -0.2) is 0 Å². The lowest BCUT2D eigenvalue weighted by molar-refractivity contribution is -0.394. The topological polar surface area (TPSA) is 115 Å². The first-order chi connectivity index (χ1) is 13.4. The third-order valence-electron chi connectivity index (χ3n) is 4.28. The normalized spacial score (nSPS) is 10.3. The molecule has 1 N–H and O–H groups in total. The number of nitro benzene ring substituents is 2. The quantitative estimate of drug-likeness (QED) is 0.510. The van der Waals surface area contributed by atoms with Crippen LogP contribution in [0.5, 0.6) is 0 Å². The standard InChI is InChI=1S/C20H15N3O5/c1-13-17(11-15(22(25)26)12-19(13)23(27)28)20(24)21-18-10-6-5-9-16(18)14-7-3-2-4-8-14/h2-12H,1H3,(H,21,24). The maximum atomic E-state index is 12.8. The number of non-ortho nitro benzene ring substituents is 1. The van der Waals surface area contributed by atoms with Crippen molar-refractivity contribution in [3.8, 4) is 11.1 Å². The van der Waals surface area contributed by atoms with E-state index in [1.807, 2.05) is 42.5 Å². The highest BCUT2D eigenvalue weighted by Crippen LogP contribution is 2.31. The summed E-state index contributed by atoms with van der Waals surface area (Å²) in [7, 11) is 0. The van der Waals surface area contributed by atoms with Crippen LogP contribution in [-0.2, 0) is 0 Å². The Bertz CT molecular complexity index is 1080. The van der Waals surface area contributed by atoms with Gasteiger partial charge in [-0.05, 0) is 18.6 Å². The predicted molar refractivity (Wildman–Crippen MR) is 104 cm³/mol. The second-order valence-electron chi connectivity index (χ2n) is 6.02. The second kappa shape index (κ2) is 7.67. The molecular formula is C20H15N3O5. The summed E-state index contributed by atoms with van der Waals surface area (Å²) < 4.78 is 0. The van der Waals surface area contributed by atoms with E-state index < -0.39 is 27.1 Å². The summed E-state index contributed by atoms with van der Waals surface area (Å²) in [6.07, 6.45) is 0. The van der Waals surface area contributed by atoms with Gasteiger partial charge >= 0.3 is 0 Å². The summed E-state index contributed by atoms with van der Waals surface area (Å²) in [5.74, 6) is -0.660. The number of hydrogen-bond donors (Lipinski definition) is 1. The number of rotatable bonds is 5. The average molecular weight is 377 g/mol. The second-order valence-corrected chi connectivity index (χ2v) is 6.02. The number of hydrogen-bond acceptors (Lipinski definition) is 5. The third kappa shape index (κ3) is 3.70. The summed E-state index contributed by atoms with van der Waals surface area (Å²) in [6, 6.07) is 18.3. The molecule has 0 bridgehead atoms. The van der Waals surface area contributed by atoms with Gasteiger partial charge in [0.25, 0.3) is 17.3 Å². The number of benzene rings is 3. The highest BCUT2D eigenvalue weighted by Gasteiger charge is 2.25. The molecule has 3 rings (SSSR count). The molecule has 140 valence electrons. The molecular weight excluding hydrogens is 362 g/mol. The Morgan fingerprint density at radius 3 is 2.18 bits per heavy atom. The van der Waals surface area contributed by atoms with Crippen molar-refractivity contribution >= 4 is 23.0 Å². The maximum Gasteiger partial charge on any atom is 0.279 e. The van der Waals surface area contributed by atoms with Gasteiger partial charge in [0.1, 0.15) is 0 Å². The number of amides is 1. The van der Waals surface area contributed by atoms with Crippen LogP contribution in [0.25, 0.3) is 11.1 Å². The van der Waals surface area contributed by atoms with Crippen molar-refractivity contribution in [2.45, 2.75) is 6.92 Å². The van der Waals surface area contributed by atoms with Crippen LogP contribution in [0.1, 0.15) is 15.9 Å². The van der Waals surface area contributed by atoms with E-state index in [4.69, 9.17) is 0 Å². The van der Waals surface area contributed by atoms with Crippen molar-refractivity contribution in [3.63, 3.8) is 0 Å². The van der Waals surface area contributed by atoms with Gasteiger partial charge in [0.15, 0.2) is 0 Å². The molecule has 3 aromatic rings. The molecule has 0 spiro atoms. The van der Waals surface area contributed by atoms with E-state index in [2.05, 4.69) is 5.32 Å². The number of para-hydroxylation sites is 1. The Morgan fingerprint density at radius 1 is 0.893 bits per heavy atom. The molecule has 0 saturated heterocycles. The fourth-order valence-electron chi connectivity index (χ4n) is 2.87. The van der Waals surface area contributed by atoms with Crippen LogP contribution in [0, 0.1) is 27.2 Å². The highest BCUT2D eigenvalue weighted by molar-refractivity contribution is 6.08. The van der Waals surface area contributed by atoms with Crippen molar-refractivity contribution in [1.82, 2.24) is 0 Å². The van der Waals surface area contributed by atoms with Crippen LogP contribution in [0.2, 0.25) is 0 Å². The third-order valence-corrected chi connectivity index (χ3v) is 4.28. The largest absolute Gasteiger partial charge is 0.321 e. The number of nitro groups is 2. The van der Waals surface area contributed by atoms with Crippen molar-refractivity contribution in [3.05, 3.63) is 98.1 Å². The predicted octanol–water partition coefficient (Wildman–Crippen LogP) is 4.73. The molecule has 0 fully saturated rings. The zero-order chi connectivity index (χ0) is 20.3. The number of carbonyl (C=O) groups is 1. The minimum Gasteiger partial charge on any atom is -0.321 e.